The van der Waals surface area contributed by atoms with Crippen molar-refractivity contribution in [3.05, 3.63) is 435 Å². The summed E-state index contributed by atoms with van der Waals surface area (Å²) < 4.78 is 26.1. The van der Waals surface area contributed by atoms with Crippen molar-refractivity contribution in [2.24, 2.45) is 0 Å². The minimum Gasteiger partial charge on any atom is -0.456 e. The second-order valence-electron chi connectivity index (χ2n) is 35.3. The van der Waals surface area contributed by atoms with Gasteiger partial charge in [-0.15, -0.1) is 0 Å². The third kappa shape index (κ3) is 10.9. The Morgan fingerprint density at radius 1 is 0.220 bits per heavy atom. The van der Waals surface area contributed by atoms with Crippen LogP contribution in [0.2, 0.25) is 0 Å². The van der Waals surface area contributed by atoms with E-state index in [1.807, 2.05) is 6.07 Å². The predicted molar refractivity (Wildman–Crippen MR) is 529 cm³/mol. The lowest BCUT2D eigenvalue weighted by molar-refractivity contribution is 0.660. The van der Waals surface area contributed by atoms with Crippen LogP contribution in [0.15, 0.2) is 426 Å². The summed E-state index contributed by atoms with van der Waals surface area (Å²) in [6.45, 7) is 9.46. The van der Waals surface area contributed by atoms with Crippen LogP contribution in [-0.4, -0.2) is 9.13 Å². The second kappa shape index (κ2) is 27.6. The molecule has 2 aliphatic carbocycles. The maximum atomic E-state index is 7.63. The van der Waals surface area contributed by atoms with Crippen molar-refractivity contribution in [1.29, 1.82) is 0 Å². The number of aromatic nitrogens is 2. The normalized spacial score (nSPS) is 13.2. The van der Waals surface area contributed by atoms with E-state index in [0.29, 0.717) is 0 Å². The van der Waals surface area contributed by atoms with Crippen molar-refractivity contribution < 1.29 is 13.3 Å². The van der Waals surface area contributed by atoms with Crippen LogP contribution in [0.25, 0.3) is 199 Å². The zero-order valence-electron chi connectivity index (χ0n) is 70.3. The number of anilines is 6. The Kier molecular flexibility index (Phi) is 15.8. The molecule has 26 rings (SSSR count). The Morgan fingerprint density at radius 2 is 0.646 bits per heavy atom. The average molecular weight is 1630 g/mol. The van der Waals surface area contributed by atoms with E-state index in [0.717, 1.165) is 194 Å². The van der Waals surface area contributed by atoms with E-state index in [1.54, 1.807) is 0 Å². The van der Waals surface area contributed by atoms with E-state index in [9.17, 15) is 0 Å². The molecule has 0 N–H and O–H groups in total. The van der Waals surface area contributed by atoms with Gasteiger partial charge in [-0.05, 0) is 212 Å². The lowest BCUT2D eigenvalue weighted by Crippen LogP contribution is -2.16. The van der Waals surface area contributed by atoms with Crippen molar-refractivity contribution in [1.82, 2.24) is 9.13 Å². The van der Waals surface area contributed by atoms with Crippen LogP contribution in [-0.2, 0) is 10.8 Å². The molecule has 5 aromatic heterocycles. The molecule has 0 aliphatic heterocycles. The number of furan rings is 3. The van der Waals surface area contributed by atoms with Gasteiger partial charge in [0, 0.05) is 104 Å². The highest BCUT2D eigenvalue weighted by atomic mass is 16.3. The molecule has 0 fully saturated rings. The molecule has 5 heterocycles. The molecular formula is C120H80N4O3. The topological polar surface area (TPSA) is 55.8 Å². The summed E-state index contributed by atoms with van der Waals surface area (Å²) in [5.74, 6) is 0. The molecular weight excluding hydrogens is 1550 g/mol. The fraction of sp³-hybridized carbons (Fsp3) is 0.0500. The number of rotatable bonds is 13. The van der Waals surface area contributed by atoms with Gasteiger partial charge >= 0.3 is 0 Å². The second-order valence-corrected chi connectivity index (χ2v) is 35.3. The van der Waals surface area contributed by atoms with Crippen LogP contribution in [0.4, 0.5) is 34.1 Å². The first-order chi connectivity index (χ1) is 62.5. The summed E-state index contributed by atoms with van der Waals surface area (Å²) >= 11 is 0. The first-order valence-electron chi connectivity index (χ1n) is 43.9. The quantitative estimate of drug-likeness (QED) is 0.115. The lowest BCUT2D eigenvalue weighted by Gasteiger charge is -2.30. The molecule has 7 heteroatoms. The van der Waals surface area contributed by atoms with Crippen LogP contribution >= 0.6 is 0 Å². The monoisotopic (exact) mass is 1620 g/mol. The van der Waals surface area contributed by atoms with Crippen LogP contribution in [0, 0.1) is 0 Å². The van der Waals surface area contributed by atoms with E-state index in [1.165, 1.54) is 60.8 Å². The molecule has 0 amide bonds. The van der Waals surface area contributed by atoms with Gasteiger partial charge in [0.25, 0.3) is 0 Å². The number of para-hydroxylation sites is 6. The van der Waals surface area contributed by atoms with Crippen molar-refractivity contribution in [3.8, 4) is 89.3 Å². The highest BCUT2D eigenvalue weighted by molar-refractivity contribution is 6.22. The van der Waals surface area contributed by atoms with Crippen molar-refractivity contribution >= 4 is 144 Å². The third-order valence-corrected chi connectivity index (χ3v) is 27.7. The number of fused-ring (bicyclic) bond motifs is 21. The molecule has 7 nitrogen and oxygen atoms in total. The van der Waals surface area contributed by atoms with E-state index in [-0.39, 0.29) is 10.8 Å². The first kappa shape index (κ1) is 72.4. The van der Waals surface area contributed by atoms with E-state index in [4.69, 9.17) is 13.3 Å². The summed E-state index contributed by atoms with van der Waals surface area (Å²) in [5, 5.41) is 11.0. The number of hydrogen-bond acceptors (Lipinski definition) is 5. The molecule has 24 aromatic rings. The predicted octanol–water partition coefficient (Wildman–Crippen LogP) is 33.5. The molecule has 0 atom stereocenters. The maximum Gasteiger partial charge on any atom is 0.145 e. The molecule has 0 bridgehead atoms. The Hall–Kier alpha value is -16.2. The molecule has 19 aromatic carbocycles. The lowest BCUT2D eigenvalue weighted by atomic mass is 9.82. The summed E-state index contributed by atoms with van der Waals surface area (Å²) in [6.07, 6.45) is 0. The minimum atomic E-state index is -0.252. The number of benzene rings is 19. The molecule has 0 unspecified atom stereocenters. The molecule has 0 spiro atoms. The third-order valence-electron chi connectivity index (χ3n) is 27.7. The van der Waals surface area contributed by atoms with Crippen molar-refractivity contribution in [3.63, 3.8) is 0 Å². The first-order valence-corrected chi connectivity index (χ1v) is 43.9. The average Bonchev–Trinajstić information content (AvgIpc) is 1.55. The van der Waals surface area contributed by atoms with Gasteiger partial charge in [-0.1, -0.05) is 301 Å². The van der Waals surface area contributed by atoms with Crippen molar-refractivity contribution in [2.75, 3.05) is 9.80 Å². The van der Waals surface area contributed by atoms with Crippen molar-refractivity contribution in [2.45, 2.75) is 38.5 Å². The summed E-state index contributed by atoms with van der Waals surface area (Å²) in [7, 11) is 0. The fourth-order valence-electron chi connectivity index (χ4n) is 21.8. The summed E-state index contributed by atoms with van der Waals surface area (Å²) in [4.78, 5) is 4.98. The van der Waals surface area contributed by atoms with Gasteiger partial charge in [-0.25, -0.2) is 0 Å². The molecule has 127 heavy (non-hydrogen) atoms. The van der Waals surface area contributed by atoms with E-state index < -0.39 is 0 Å². The zero-order chi connectivity index (χ0) is 84.1. The number of hydrogen-bond donors (Lipinski definition) is 0. The maximum absolute atomic E-state index is 7.63. The Labute approximate surface area is 733 Å². The highest BCUT2D eigenvalue weighted by Crippen LogP contribution is 2.59. The highest BCUT2D eigenvalue weighted by Gasteiger charge is 2.41. The molecule has 598 valence electrons. The van der Waals surface area contributed by atoms with Crippen LogP contribution in [0.5, 0.6) is 0 Å². The van der Waals surface area contributed by atoms with Crippen LogP contribution < -0.4 is 9.80 Å². The molecule has 0 saturated carbocycles. The molecule has 0 radical (unpaired) electrons. The summed E-state index contributed by atoms with van der Waals surface area (Å²) in [5.41, 5.74) is 38.5. The van der Waals surface area contributed by atoms with Gasteiger partial charge < -0.3 is 32.2 Å². The van der Waals surface area contributed by atoms with Crippen LogP contribution in [0.1, 0.15) is 49.9 Å². The Balaban J connectivity index is 0.633. The summed E-state index contributed by atoms with van der Waals surface area (Å²) in [6, 6.07) is 152. The van der Waals surface area contributed by atoms with E-state index >= 15 is 0 Å². The SMILES string of the molecule is CC1(C)c2ccccc2-c2c(N(c3ccc(-c4cccc5c4oc4ccccc45)cc3)c3cccc4oc5ccc(-c6ccc7c(c6)c6ccccc6n7-c6cccc(-c7ccc(N(c8ccc(-c9ccccc9)cc8)c8cccc9c8-c8ccccc8C9(C)C)c8c7oc7ccc(-c9cccc%10c%11ccccc%11n(-c%11ccccc%11)c9%10)cc78)c6)cc5c34)cccc21. The fourth-order valence-corrected chi connectivity index (χ4v) is 21.8. The largest absolute Gasteiger partial charge is 0.456 e. The molecule has 0 saturated heterocycles. The van der Waals surface area contributed by atoms with Gasteiger partial charge in [0.15, 0.2) is 0 Å². The Morgan fingerprint density at radius 3 is 1.35 bits per heavy atom. The minimum absolute atomic E-state index is 0.224. The smallest absolute Gasteiger partial charge is 0.145 e. The van der Waals surface area contributed by atoms with Gasteiger partial charge in [-0.2, -0.15) is 0 Å². The van der Waals surface area contributed by atoms with Gasteiger partial charge in [-0.3, -0.25) is 0 Å². The number of nitrogens with zero attached hydrogens (tertiary/aromatic N) is 4. The Bertz CT molecular complexity index is 8710. The van der Waals surface area contributed by atoms with Gasteiger partial charge in [0.05, 0.1) is 55.6 Å². The van der Waals surface area contributed by atoms with Gasteiger partial charge in [0.2, 0.25) is 0 Å². The van der Waals surface area contributed by atoms with E-state index in [2.05, 4.69) is 453 Å². The molecule has 2 aliphatic rings. The van der Waals surface area contributed by atoms with Gasteiger partial charge in [0.1, 0.15) is 33.5 Å². The zero-order valence-corrected chi connectivity index (χ0v) is 70.3. The van der Waals surface area contributed by atoms with Crippen LogP contribution in [0.3, 0.4) is 0 Å². The standard InChI is InChI=1S/C120H80N4O3/c1-119(2)97-42-16-11-36-92(97)112-99(119)44-24-48-104(112)121(82-62-55-75(56-63-82)85-39-23-41-91-89-35-15-20-51-108(89)126-117(85)91)106-50-26-52-111-114(106)95-71-77(58-67-109(95)125-111)76-57-65-103-94(70-76)88-34-14-18-46-101(88)123(103)83-32-21-29-78(69-83)86-64-66-107(122(81-60-53-74(54-61-81)73-27-7-5-8-28-73)105-49-25-45-100-113(105)93-37-12-17-43-98(93)120(100,3)4)115-96-72-79(59-68-110(96)127-118(86)115)84-38-22-40-90-87-33-13-19-47-102(87)124(116(84)90)80-30-9-6-10-31-80/h5-72H,1-4H3.